The summed E-state index contributed by atoms with van der Waals surface area (Å²) in [6.45, 7) is 6.61. The molecule has 1 atom stereocenters. The molecule has 1 aliphatic rings. The fraction of sp³-hybridized carbons (Fsp3) is 1.00. The summed E-state index contributed by atoms with van der Waals surface area (Å²) in [6.07, 6.45) is 7.53. The minimum atomic E-state index is -3.45. The van der Waals surface area contributed by atoms with Crippen molar-refractivity contribution in [3.05, 3.63) is 0 Å². The molecule has 0 radical (unpaired) electrons. The van der Waals surface area contributed by atoms with E-state index in [0.29, 0.717) is 12.7 Å². The number of hydrogen-bond donors (Lipinski definition) is 1. The molecule has 0 amide bonds. The summed E-state index contributed by atoms with van der Waals surface area (Å²) in [5, 5.41) is 5.18. The zero-order valence-corrected chi connectivity index (χ0v) is 13.3. The summed E-state index contributed by atoms with van der Waals surface area (Å²) in [7, 11) is -3.45. The Hall–Kier alpha value is -0.130. The fourth-order valence-electron chi connectivity index (χ4n) is 2.49. The quantitative estimate of drug-likeness (QED) is 0.792. The van der Waals surface area contributed by atoms with E-state index in [2.05, 4.69) is 0 Å². The Balaban J connectivity index is 2.52. The third kappa shape index (κ3) is 7.28. The van der Waals surface area contributed by atoms with E-state index in [1.165, 1.54) is 25.7 Å². The molecule has 1 saturated carbocycles. The Morgan fingerprint density at radius 2 is 1.68 bits per heavy atom. The van der Waals surface area contributed by atoms with Crippen LogP contribution in [-0.2, 0) is 14.8 Å². The average molecular weight is 291 g/mol. The molecule has 4 nitrogen and oxygen atoms in total. The molecule has 0 aromatic carbocycles. The van der Waals surface area contributed by atoms with Gasteiger partial charge < -0.3 is 4.74 Å². The van der Waals surface area contributed by atoms with Gasteiger partial charge in [-0.1, -0.05) is 46.5 Å². The highest BCUT2D eigenvalue weighted by molar-refractivity contribution is 7.89. The van der Waals surface area contributed by atoms with Crippen molar-refractivity contribution < 1.29 is 13.2 Å². The average Bonchev–Trinajstić information content (AvgIpc) is 2.49. The van der Waals surface area contributed by atoms with Crippen molar-refractivity contribution in [3.8, 4) is 0 Å². The van der Waals surface area contributed by atoms with Gasteiger partial charge in [0.25, 0.3) is 0 Å². The van der Waals surface area contributed by atoms with Crippen LogP contribution in [0.1, 0.15) is 59.3 Å². The van der Waals surface area contributed by atoms with Crippen molar-refractivity contribution in [1.82, 2.24) is 0 Å². The van der Waals surface area contributed by atoms with Gasteiger partial charge in [-0.15, -0.1) is 0 Å². The van der Waals surface area contributed by atoms with E-state index in [1.807, 2.05) is 20.8 Å². The lowest BCUT2D eigenvalue weighted by Crippen LogP contribution is -2.35. The van der Waals surface area contributed by atoms with Gasteiger partial charge in [-0.2, -0.15) is 0 Å². The minimum absolute atomic E-state index is 0.00319. The van der Waals surface area contributed by atoms with E-state index in [-0.39, 0.29) is 17.1 Å². The molecule has 1 fully saturated rings. The van der Waals surface area contributed by atoms with Crippen molar-refractivity contribution in [1.29, 1.82) is 0 Å². The van der Waals surface area contributed by atoms with Crippen molar-refractivity contribution in [3.63, 3.8) is 0 Å². The van der Waals surface area contributed by atoms with Crippen LogP contribution in [0.3, 0.4) is 0 Å². The van der Waals surface area contributed by atoms with Gasteiger partial charge in [0.15, 0.2) is 0 Å². The summed E-state index contributed by atoms with van der Waals surface area (Å²) in [5.41, 5.74) is -0.114. The second-order valence-corrected chi connectivity index (χ2v) is 8.50. The summed E-state index contributed by atoms with van der Waals surface area (Å²) in [6, 6.07) is 0. The van der Waals surface area contributed by atoms with Crippen molar-refractivity contribution in [2.24, 2.45) is 16.5 Å². The molecule has 0 bridgehead atoms. The Bertz CT molecular complexity index is 351. The summed E-state index contributed by atoms with van der Waals surface area (Å²) in [5.74, 6) is -0.0470. The molecule has 1 rings (SSSR count). The summed E-state index contributed by atoms with van der Waals surface area (Å²) >= 11 is 0. The van der Waals surface area contributed by atoms with Crippen LogP contribution in [0.15, 0.2) is 0 Å². The van der Waals surface area contributed by atoms with Gasteiger partial charge in [-0.25, -0.2) is 13.6 Å². The van der Waals surface area contributed by atoms with Crippen LogP contribution in [0.4, 0.5) is 0 Å². The predicted molar refractivity (Wildman–Crippen MR) is 78.4 cm³/mol. The minimum Gasteiger partial charge on any atom is -0.378 e. The molecule has 0 spiro atoms. The second-order valence-electron chi connectivity index (χ2n) is 6.84. The van der Waals surface area contributed by atoms with Crippen LogP contribution in [-0.4, -0.2) is 26.9 Å². The first-order valence-corrected chi connectivity index (χ1v) is 9.02. The zero-order chi connectivity index (χ0) is 14.5. The smallest absolute Gasteiger partial charge is 0.209 e. The molecule has 5 heteroatoms. The molecule has 19 heavy (non-hydrogen) atoms. The maximum absolute atomic E-state index is 11.3. The van der Waals surface area contributed by atoms with Crippen molar-refractivity contribution in [2.45, 2.75) is 65.4 Å². The molecule has 0 saturated heterocycles. The Labute approximate surface area is 118 Å². The summed E-state index contributed by atoms with van der Waals surface area (Å²) in [4.78, 5) is 0. The number of hydrogen-bond acceptors (Lipinski definition) is 3. The first-order valence-electron chi connectivity index (χ1n) is 7.30. The standard InChI is InChI=1S/C14H29NO3S/c1-14(2,3)12(11-19(15,16)17)10-18-13-8-6-4-5-7-9-13/h12-13H,4-11H2,1-3H3,(H2,15,16,17). The van der Waals surface area contributed by atoms with Gasteiger partial charge >= 0.3 is 0 Å². The molecule has 1 aliphatic carbocycles. The van der Waals surface area contributed by atoms with E-state index in [1.54, 1.807) is 0 Å². The molecular formula is C14H29NO3S. The lowest BCUT2D eigenvalue weighted by atomic mass is 9.82. The second kappa shape index (κ2) is 7.04. The van der Waals surface area contributed by atoms with Crippen LogP contribution in [0, 0.1) is 11.3 Å². The highest BCUT2D eigenvalue weighted by Crippen LogP contribution is 2.29. The maximum atomic E-state index is 11.3. The van der Waals surface area contributed by atoms with E-state index >= 15 is 0 Å². The van der Waals surface area contributed by atoms with Gasteiger partial charge in [-0.3, -0.25) is 0 Å². The molecule has 2 N–H and O–H groups in total. The van der Waals surface area contributed by atoms with Crippen LogP contribution in [0.2, 0.25) is 0 Å². The molecule has 0 aliphatic heterocycles. The third-order valence-corrected chi connectivity index (χ3v) is 4.86. The van der Waals surface area contributed by atoms with Crippen LogP contribution in [0.5, 0.6) is 0 Å². The predicted octanol–water partition coefficient (Wildman–Crippen LogP) is 2.68. The van der Waals surface area contributed by atoms with Gasteiger partial charge in [0.2, 0.25) is 10.0 Å². The topological polar surface area (TPSA) is 69.4 Å². The van der Waals surface area contributed by atoms with E-state index in [9.17, 15) is 8.42 Å². The Kier molecular flexibility index (Phi) is 6.27. The normalized spacial score (nSPS) is 21.1. The Morgan fingerprint density at radius 3 is 2.11 bits per heavy atom. The number of ether oxygens (including phenoxy) is 1. The van der Waals surface area contributed by atoms with Crippen molar-refractivity contribution >= 4 is 10.0 Å². The number of primary sulfonamides is 1. The molecule has 1 unspecified atom stereocenters. The molecule has 0 aromatic rings. The molecule has 114 valence electrons. The van der Waals surface area contributed by atoms with Gasteiger partial charge in [-0.05, 0) is 18.3 Å². The van der Waals surface area contributed by atoms with Gasteiger partial charge in [0.1, 0.15) is 0 Å². The summed E-state index contributed by atoms with van der Waals surface area (Å²) < 4.78 is 28.6. The lowest BCUT2D eigenvalue weighted by molar-refractivity contribution is 0.00152. The van der Waals surface area contributed by atoms with E-state index in [4.69, 9.17) is 9.88 Å². The third-order valence-electron chi connectivity index (χ3n) is 3.99. The lowest BCUT2D eigenvalue weighted by Gasteiger charge is -2.31. The zero-order valence-electron chi connectivity index (χ0n) is 12.5. The first-order chi connectivity index (χ1) is 8.68. The number of sulfonamides is 1. The van der Waals surface area contributed by atoms with Gasteiger partial charge in [0.05, 0.1) is 18.5 Å². The van der Waals surface area contributed by atoms with Crippen molar-refractivity contribution in [2.75, 3.05) is 12.4 Å². The first kappa shape index (κ1) is 16.9. The fourth-order valence-corrected chi connectivity index (χ4v) is 3.65. The molecule has 0 aromatic heterocycles. The maximum Gasteiger partial charge on any atom is 0.209 e. The SMILES string of the molecule is CC(C)(C)C(COC1CCCCCC1)CS(N)(=O)=O. The van der Waals surface area contributed by atoms with Crippen LogP contribution >= 0.6 is 0 Å². The van der Waals surface area contributed by atoms with Crippen LogP contribution in [0.25, 0.3) is 0 Å². The van der Waals surface area contributed by atoms with Gasteiger partial charge in [0, 0.05) is 5.92 Å². The highest BCUT2D eigenvalue weighted by atomic mass is 32.2. The number of rotatable bonds is 5. The highest BCUT2D eigenvalue weighted by Gasteiger charge is 2.29. The Morgan fingerprint density at radius 1 is 1.16 bits per heavy atom. The van der Waals surface area contributed by atoms with E-state index in [0.717, 1.165) is 12.8 Å². The molecular weight excluding hydrogens is 262 g/mol. The number of nitrogens with two attached hydrogens (primary N) is 1. The molecule has 0 heterocycles. The van der Waals surface area contributed by atoms with Crippen LogP contribution < -0.4 is 5.14 Å². The largest absolute Gasteiger partial charge is 0.378 e. The van der Waals surface area contributed by atoms with E-state index < -0.39 is 10.0 Å². The monoisotopic (exact) mass is 291 g/mol.